The number of nitrogens with zero attached hydrogens (tertiary/aromatic N) is 3. The largest absolute Gasteiger partial charge is 0.477 e. The fourth-order valence-electron chi connectivity index (χ4n) is 3.86. The maximum absolute atomic E-state index is 15.0. The number of carboxylic acids is 1. The number of carboxylic acid groups (broad SMARTS) is 1. The summed E-state index contributed by atoms with van der Waals surface area (Å²) >= 11 is 0. The van der Waals surface area contributed by atoms with Crippen LogP contribution in [0, 0.1) is 5.82 Å². The van der Waals surface area contributed by atoms with E-state index in [-0.39, 0.29) is 22.9 Å². The lowest BCUT2D eigenvalue weighted by molar-refractivity contribution is 0.0694. The van der Waals surface area contributed by atoms with Gasteiger partial charge in [0.25, 0.3) is 0 Å². The number of hydrogen-bond acceptors (Lipinski definition) is 5. The number of pyridine rings is 2. The molecule has 0 radical (unpaired) electrons. The normalized spacial score (nSPS) is 18.2. The molecule has 0 unspecified atom stereocenters. The first kappa shape index (κ1) is 21.0. The Labute approximate surface area is 168 Å². The van der Waals surface area contributed by atoms with Gasteiger partial charge < -0.3 is 19.7 Å². The lowest BCUT2D eigenvalue weighted by Crippen LogP contribution is -2.40. The number of hydrogen-bond donors (Lipinski definition) is 2. The molecule has 3 heterocycles. The van der Waals surface area contributed by atoms with Gasteiger partial charge in [-0.25, -0.2) is 14.2 Å². The molecule has 8 heteroatoms. The molecule has 0 bridgehead atoms. The van der Waals surface area contributed by atoms with Gasteiger partial charge in [-0.15, -0.1) is 6.58 Å². The van der Waals surface area contributed by atoms with E-state index in [1.165, 1.54) is 6.20 Å². The predicted molar refractivity (Wildman–Crippen MR) is 109 cm³/mol. The van der Waals surface area contributed by atoms with E-state index in [0.29, 0.717) is 19.4 Å². The number of aliphatic hydroxyl groups is 1. The second-order valence-electron chi connectivity index (χ2n) is 8.38. The van der Waals surface area contributed by atoms with Crippen molar-refractivity contribution in [1.29, 1.82) is 0 Å². The summed E-state index contributed by atoms with van der Waals surface area (Å²) < 4.78 is 16.6. The first-order valence-electron chi connectivity index (χ1n) is 9.61. The summed E-state index contributed by atoms with van der Waals surface area (Å²) in [6.07, 6.45) is 4.03. The molecule has 0 spiro atoms. The fraction of sp³-hybridized carbons (Fsp3) is 0.476. The number of carbonyl (C=O) groups is 1. The summed E-state index contributed by atoms with van der Waals surface area (Å²) in [6, 6.07) is 0.754. The standard InChI is InChI=1S/C21H26FN3O4/c1-5-7-16(26)15-8-6-9-24(15)19-14(22)10-12-17(27)13(20(28)29)11-25(18(12)23-19)21(2,3)4/h5,10-11,15-16,26H,1,6-9H2,2-4H3,(H,28,29)/t15-,16-/m0/s1. The van der Waals surface area contributed by atoms with Crippen molar-refractivity contribution in [2.45, 2.75) is 57.7 Å². The Morgan fingerprint density at radius 2 is 2.17 bits per heavy atom. The van der Waals surface area contributed by atoms with Crippen molar-refractivity contribution in [1.82, 2.24) is 9.55 Å². The third kappa shape index (κ3) is 3.76. The van der Waals surface area contributed by atoms with Gasteiger partial charge in [-0.05, 0) is 46.1 Å². The zero-order valence-electron chi connectivity index (χ0n) is 16.9. The molecule has 1 fully saturated rings. The van der Waals surface area contributed by atoms with Gasteiger partial charge in [0.2, 0.25) is 5.43 Å². The number of rotatable bonds is 5. The molecule has 0 saturated carbocycles. The molecular weight excluding hydrogens is 377 g/mol. The zero-order chi connectivity index (χ0) is 21.5. The Morgan fingerprint density at radius 3 is 2.76 bits per heavy atom. The maximum atomic E-state index is 15.0. The van der Waals surface area contributed by atoms with Crippen molar-refractivity contribution in [3.05, 3.63) is 46.5 Å². The molecule has 156 valence electrons. The number of halogens is 1. The van der Waals surface area contributed by atoms with E-state index in [9.17, 15) is 19.8 Å². The molecule has 3 rings (SSSR count). The summed E-state index contributed by atoms with van der Waals surface area (Å²) in [5.74, 6) is -2.02. The van der Waals surface area contributed by atoms with Crippen LogP contribution in [0.25, 0.3) is 11.0 Å². The summed E-state index contributed by atoms with van der Waals surface area (Å²) in [5.41, 5.74) is -1.57. The molecule has 0 aliphatic carbocycles. The van der Waals surface area contributed by atoms with Crippen molar-refractivity contribution in [2.75, 3.05) is 11.4 Å². The third-order valence-electron chi connectivity index (χ3n) is 5.29. The molecule has 7 nitrogen and oxygen atoms in total. The van der Waals surface area contributed by atoms with Crippen LogP contribution in [-0.4, -0.2) is 44.4 Å². The SMILES string of the molecule is C=CC[C@H](O)[C@@H]1CCCN1c1nc2c(cc1F)c(=O)c(C(=O)O)cn2C(C)(C)C. The topological polar surface area (TPSA) is 95.7 Å². The lowest BCUT2D eigenvalue weighted by Gasteiger charge is -2.31. The van der Waals surface area contributed by atoms with E-state index < -0.39 is 34.4 Å². The van der Waals surface area contributed by atoms with Crippen LogP contribution in [-0.2, 0) is 5.54 Å². The van der Waals surface area contributed by atoms with E-state index in [0.717, 1.165) is 12.5 Å². The van der Waals surface area contributed by atoms with Crippen LogP contribution in [0.4, 0.5) is 10.2 Å². The van der Waals surface area contributed by atoms with Gasteiger partial charge in [0.1, 0.15) is 11.2 Å². The van der Waals surface area contributed by atoms with Gasteiger partial charge in [0.15, 0.2) is 11.6 Å². The zero-order valence-corrected chi connectivity index (χ0v) is 16.9. The van der Waals surface area contributed by atoms with Gasteiger partial charge in [-0.3, -0.25) is 4.79 Å². The Balaban J connectivity index is 2.25. The summed E-state index contributed by atoms with van der Waals surface area (Å²) in [6.45, 7) is 9.71. The van der Waals surface area contributed by atoms with Crippen molar-refractivity contribution in [3.63, 3.8) is 0 Å². The Morgan fingerprint density at radius 1 is 1.48 bits per heavy atom. The fourth-order valence-corrected chi connectivity index (χ4v) is 3.86. The lowest BCUT2D eigenvalue weighted by atomic mass is 10.0. The monoisotopic (exact) mass is 403 g/mol. The van der Waals surface area contributed by atoms with Crippen LogP contribution < -0.4 is 10.3 Å². The van der Waals surface area contributed by atoms with Crippen molar-refractivity contribution in [2.24, 2.45) is 0 Å². The molecule has 1 saturated heterocycles. The van der Waals surface area contributed by atoms with Crippen LogP contribution in [0.3, 0.4) is 0 Å². The maximum Gasteiger partial charge on any atom is 0.341 e. The van der Waals surface area contributed by atoms with Crippen molar-refractivity contribution >= 4 is 22.8 Å². The quantitative estimate of drug-likeness (QED) is 0.746. The molecule has 0 aromatic carbocycles. The summed E-state index contributed by atoms with van der Waals surface area (Å²) in [7, 11) is 0. The predicted octanol–water partition coefficient (Wildman–Crippen LogP) is 2.89. The second kappa shape index (κ2) is 7.59. The molecule has 2 atom stereocenters. The van der Waals surface area contributed by atoms with Crippen LogP contribution in [0.15, 0.2) is 29.7 Å². The second-order valence-corrected chi connectivity index (χ2v) is 8.38. The molecule has 2 aromatic rings. The van der Waals surface area contributed by atoms with E-state index >= 15 is 4.39 Å². The van der Waals surface area contributed by atoms with E-state index in [1.54, 1.807) is 15.5 Å². The highest BCUT2D eigenvalue weighted by molar-refractivity contribution is 5.92. The Bertz CT molecular complexity index is 1030. The van der Waals surface area contributed by atoms with E-state index in [2.05, 4.69) is 11.6 Å². The number of aliphatic hydroxyl groups excluding tert-OH is 1. The van der Waals surface area contributed by atoms with Crippen LogP contribution in [0.2, 0.25) is 0 Å². The smallest absolute Gasteiger partial charge is 0.341 e. The average molecular weight is 403 g/mol. The molecule has 29 heavy (non-hydrogen) atoms. The number of anilines is 1. The molecule has 0 amide bonds. The minimum absolute atomic E-state index is 0.0589. The number of fused-ring (bicyclic) bond motifs is 1. The van der Waals surface area contributed by atoms with Crippen molar-refractivity contribution < 1.29 is 19.4 Å². The van der Waals surface area contributed by atoms with Gasteiger partial charge in [0.05, 0.1) is 17.5 Å². The molecular formula is C21H26FN3O4. The number of aromatic carboxylic acids is 1. The summed E-state index contributed by atoms with van der Waals surface area (Å²) in [5, 5.41) is 19.7. The van der Waals surface area contributed by atoms with Crippen LogP contribution in [0.5, 0.6) is 0 Å². The first-order chi connectivity index (χ1) is 13.6. The van der Waals surface area contributed by atoms with Gasteiger partial charge in [-0.1, -0.05) is 6.08 Å². The van der Waals surface area contributed by atoms with E-state index in [4.69, 9.17) is 0 Å². The molecule has 1 aliphatic heterocycles. The highest BCUT2D eigenvalue weighted by Gasteiger charge is 2.33. The highest BCUT2D eigenvalue weighted by Crippen LogP contribution is 2.31. The minimum atomic E-state index is -1.37. The summed E-state index contributed by atoms with van der Waals surface area (Å²) in [4.78, 5) is 30.3. The number of aromatic nitrogens is 2. The van der Waals surface area contributed by atoms with E-state index in [1.807, 2.05) is 20.8 Å². The van der Waals surface area contributed by atoms with Gasteiger partial charge >= 0.3 is 5.97 Å². The van der Waals surface area contributed by atoms with Crippen molar-refractivity contribution in [3.8, 4) is 0 Å². The Hall–Kier alpha value is -2.74. The van der Waals surface area contributed by atoms with Gasteiger partial charge in [0, 0.05) is 18.3 Å². The van der Waals surface area contributed by atoms with Crippen LogP contribution >= 0.6 is 0 Å². The average Bonchev–Trinajstić information content (AvgIpc) is 3.10. The minimum Gasteiger partial charge on any atom is -0.477 e. The molecule has 2 aromatic heterocycles. The molecule has 1 aliphatic rings. The first-order valence-corrected chi connectivity index (χ1v) is 9.61. The third-order valence-corrected chi connectivity index (χ3v) is 5.29. The van der Waals surface area contributed by atoms with Gasteiger partial charge in [-0.2, -0.15) is 0 Å². The van der Waals surface area contributed by atoms with Crippen LogP contribution in [0.1, 0.15) is 50.4 Å². The molecule has 2 N–H and O–H groups in total. The Kier molecular flexibility index (Phi) is 5.49. The highest BCUT2D eigenvalue weighted by atomic mass is 19.1.